The maximum absolute atomic E-state index is 11.7. The first-order valence-electron chi connectivity index (χ1n) is 9.40. The van der Waals surface area contributed by atoms with E-state index in [1.165, 1.54) is 11.1 Å². The van der Waals surface area contributed by atoms with Crippen molar-refractivity contribution < 1.29 is 14.6 Å². The van der Waals surface area contributed by atoms with Crippen LogP contribution in [0.4, 0.5) is 0 Å². The minimum absolute atomic E-state index is 0.0978. The standard InChI is InChI=1S/C22H27NO3/c24-22(25)21(19-11-14-23-15-12-19)26-16-13-20(17-7-3-1-4-8-17)18-9-5-2-6-10-18/h1-10,19-21,23H,11-16H2,(H,24,25). The number of nitrogens with one attached hydrogen (secondary N) is 1. The Hall–Kier alpha value is -2.17. The highest BCUT2D eigenvalue weighted by atomic mass is 16.5. The van der Waals surface area contributed by atoms with Crippen LogP contribution in [0.2, 0.25) is 0 Å². The molecule has 0 saturated carbocycles. The summed E-state index contributed by atoms with van der Waals surface area (Å²) in [5, 5.41) is 12.9. The highest BCUT2D eigenvalue weighted by molar-refractivity contribution is 5.72. The molecular weight excluding hydrogens is 326 g/mol. The van der Waals surface area contributed by atoms with Crippen molar-refractivity contribution in [2.45, 2.75) is 31.3 Å². The molecule has 1 aliphatic heterocycles. The summed E-state index contributed by atoms with van der Waals surface area (Å²) < 4.78 is 5.89. The van der Waals surface area contributed by atoms with Crippen molar-refractivity contribution >= 4 is 5.97 Å². The largest absolute Gasteiger partial charge is 0.479 e. The SMILES string of the molecule is O=C(O)C(OCCC(c1ccccc1)c1ccccc1)C1CCNCC1. The minimum atomic E-state index is -0.840. The summed E-state index contributed by atoms with van der Waals surface area (Å²) in [6, 6.07) is 20.7. The number of carbonyl (C=O) groups is 1. The van der Waals surface area contributed by atoms with Gasteiger partial charge in [-0.2, -0.15) is 0 Å². The lowest BCUT2D eigenvalue weighted by Crippen LogP contribution is -2.39. The first kappa shape index (κ1) is 18.6. The first-order chi connectivity index (χ1) is 12.8. The van der Waals surface area contributed by atoms with Crippen molar-refractivity contribution in [3.8, 4) is 0 Å². The van der Waals surface area contributed by atoms with E-state index >= 15 is 0 Å². The molecule has 0 amide bonds. The van der Waals surface area contributed by atoms with E-state index < -0.39 is 12.1 Å². The molecule has 1 unspecified atom stereocenters. The molecule has 1 saturated heterocycles. The predicted octanol–water partition coefficient (Wildman–Crippen LogP) is 3.68. The molecule has 0 spiro atoms. The topological polar surface area (TPSA) is 58.6 Å². The van der Waals surface area contributed by atoms with Gasteiger partial charge in [-0.3, -0.25) is 0 Å². The van der Waals surface area contributed by atoms with Gasteiger partial charge in [0.1, 0.15) is 0 Å². The molecule has 1 atom stereocenters. The van der Waals surface area contributed by atoms with Crippen molar-refractivity contribution in [1.29, 1.82) is 0 Å². The molecule has 2 N–H and O–H groups in total. The van der Waals surface area contributed by atoms with Gasteiger partial charge in [0.05, 0.1) is 0 Å². The second kappa shape index (κ2) is 9.51. The summed E-state index contributed by atoms with van der Waals surface area (Å²) in [5.74, 6) is -0.534. The van der Waals surface area contributed by atoms with Crippen LogP contribution >= 0.6 is 0 Å². The fraction of sp³-hybridized carbons (Fsp3) is 0.409. The smallest absolute Gasteiger partial charge is 0.333 e. The lowest BCUT2D eigenvalue weighted by atomic mass is 9.88. The van der Waals surface area contributed by atoms with E-state index in [-0.39, 0.29) is 11.8 Å². The van der Waals surface area contributed by atoms with Gasteiger partial charge in [-0.1, -0.05) is 60.7 Å². The van der Waals surface area contributed by atoms with Gasteiger partial charge in [0, 0.05) is 12.5 Å². The minimum Gasteiger partial charge on any atom is -0.479 e. The molecule has 1 aliphatic rings. The zero-order chi connectivity index (χ0) is 18.2. The molecule has 1 fully saturated rings. The van der Waals surface area contributed by atoms with Gasteiger partial charge < -0.3 is 15.2 Å². The summed E-state index contributed by atoms with van der Waals surface area (Å²) >= 11 is 0. The Kier molecular flexibility index (Phi) is 6.81. The van der Waals surface area contributed by atoms with Gasteiger partial charge in [-0.05, 0) is 49.4 Å². The second-order valence-corrected chi connectivity index (χ2v) is 6.88. The molecule has 2 aromatic carbocycles. The number of ether oxygens (including phenoxy) is 1. The number of hydrogen-bond acceptors (Lipinski definition) is 3. The van der Waals surface area contributed by atoms with Crippen LogP contribution in [0.3, 0.4) is 0 Å². The molecule has 26 heavy (non-hydrogen) atoms. The van der Waals surface area contributed by atoms with Gasteiger partial charge in [0.25, 0.3) is 0 Å². The summed E-state index contributed by atoms with van der Waals surface area (Å²) in [4.78, 5) is 11.7. The van der Waals surface area contributed by atoms with E-state index in [0.717, 1.165) is 32.4 Å². The fourth-order valence-corrected chi connectivity index (χ4v) is 3.77. The van der Waals surface area contributed by atoms with Crippen molar-refractivity contribution in [2.75, 3.05) is 19.7 Å². The van der Waals surface area contributed by atoms with Crippen LogP contribution in [-0.2, 0) is 9.53 Å². The summed E-state index contributed by atoms with van der Waals surface area (Å²) in [6.07, 6.45) is 1.78. The van der Waals surface area contributed by atoms with Crippen LogP contribution in [-0.4, -0.2) is 36.9 Å². The number of hydrogen-bond donors (Lipinski definition) is 2. The lowest BCUT2D eigenvalue weighted by molar-refractivity contribution is -0.155. The zero-order valence-electron chi connectivity index (χ0n) is 15.0. The van der Waals surface area contributed by atoms with E-state index in [0.29, 0.717) is 6.61 Å². The fourth-order valence-electron chi connectivity index (χ4n) is 3.77. The Morgan fingerprint density at radius 2 is 1.54 bits per heavy atom. The van der Waals surface area contributed by atoms with Crippen LogP contribution in [0.5, 0.6) is 0 Å². The van der Waals surface area contributed by atoms with Crippen LogP contribution in [0, 0.1) is 5.92 Å². The van der Waals surface area contributed by atoms with Crippen LogP contribution in [0.1, 0.15) is 36.3 Å². The first-order valence-corrected chi connectivity index (χ1v) is 9.40. The van der Waals surface area contributed by atoms with Gasteiger partial charge in [0.15, 0.2) is 6.10 Å². The highest BCUT2D eigenvalue weighted by Gasteiger charge is 2.30. The quantitative estimate of drug-likeness (QED) is 0.760. The zero-order valence-corrected chi connectivity index (χ0v) is 15.0. The van der Waals surface area contributed by atoms with E-state index in [1.54, 1.807) is 0 Å². The Labute approximate surface area is 155 Å². The second-order valence-electron chi connectivity index (χ2n) is 6.88. The maximum atomic E-state index is 11.7. The van der Waals surface area contributed by atoms with Gasteiger partial charge >= 0.3 is 5.97 Å². The van der Waals surface area contributed by atoms with E-state index in [1.807, 2.05) is 36.4 Å². The number of aliphatic carboxylic acids is 1. The third-order valence-electron chi connectivity index (χ3n) is 5.16. The molecule has 4 heteroatoms. The number of rotatable bonds is 8. The normalized spacial score (nSPS) is 16.5. The third-order valence-corrected chi connectivity index (χ3v) is 5.16. The van der Waals surface area contributed by atoms with E-state index in [2.05, 4.69) is 29.6 Å². The van der Waals surface area contributed by atoms with Crippen LogP contribution in [0.25, 0.3) is 0 Å². The average Bonchev–Trinajstić information content (AvgIpc) is 2.70. The molecule has 0 radical (unpaired) electrons. The van der Waals surface area contributed by atoms with Gasteiger partial charge in [-0.15, -0.1) is 0 Å². The van der Waals surface area contributed by atoms with Crippen molar-refractivity contribution in [3.63, 3.8) is 0 Å². The summed E-state index contributed by atoms with van der Waals surface area (Å²) in [5.41, 5.74) is 2.46. The number of carboxylic acids is 1. The van der Waals surface area contributed by atoms with Gasteiger partial charge in [0.2, 0.25) is 0 Å². The molecular formula is C22H27NO3. The van der Waals surface area contributed by atoms with E-state index in [4.69, 9.17) is 4.74 Å². The average molecular weight is 353 g/mol. The lowest BCUT2D eigenvalue weighted by Gasteiger charge is -2.28. The highest BCUT2D eigenvalue weighted by Crippen LogP contribution is 2.28. The molecule has 4 nitrogen and oxygen atoms in total. The maximum Gasteiger partial charge on any atom is 0.333 e. The third kappa shape index (κ3) is 4.93. The molecule has 138 valence electrons. The predicted molar refractivity (Wildman–Crippen MR) is 102 cm³/mol. The number of benzene rings is 2. The van der Waals surface area contributed by atoms with Crippen LogP contribution in [0.15, 0.2) is 60.7 Å². The summed E-state index contributed by atoms with van der Waals surface area (Å²) in [7, 11) is 0. The molecule has 0 aliphatic carbocycles. The Morgan fingerprint density at radius 3 is 2.04 bits per heavy atom. The monoisotopic (exact) mass is 353 g/mol. The van der Waals surface area contributed by atoms with E-state index in [9.17, 15) is 9.90 Å². The van der Waals surface area contributed by atoms with Crippen molar-refractivity contribution in [3.05, 3.63) is 71.8 Å². The van der Waals surface area contributed by atoms with Crippen LogP contribution < -0.4 is 5.32 Å². The van der Waals surface area contributed by atoms with Gasteiger partial charge in [-0.25, -0.2) is 4.79 Å². The van der Waals surface area contributed by atoms with Crippen molar-refractivity contribution in [2.24, 2.45) is 5.92 Å². The number of piperidine rings is 1. The molecule has 3 rings (SSSR count). The summed E-state index contributed by atoms with van der Waals surface area (Å²) in [6.45, 7) is 2.18. The Morgan fingerprint density at radius 1 is 1.00 bits per heavy atom. The molecule has 0 aromatic heterocycles. The molecule has 2 aromatic rings. The number of carboxylic acid groups (broad SMARTS) is 1. The van der Waals surface area contributed by atoms with Crippen molar-refractivity contribution in [1.82, 2.24) is 5.32 Å². The Balaban J connectivity index is 1.66. The molecule has 1 heterocycles. The molecule has 0 bridgehead atoms. The Bertz CT molecular complexity index is 629.